The molecule has 0 aliphatic carbocycles. The van der Waals surface area contributed by atoms with Gasteiger partial charge in [0.05, 0.1) is 18.6 Å². The van der Waals surface area contributed by atoms with Crippen molar-refractivity contribution in [3.63, 3.8) is 0 Å². The molecule has 0 unspecified atom stereocenters. The van der Waals surface area contributed by atoms with Crippen molar-refractivity contribution in [2.24, 2.45) is 0 Å². The van der Waals surface area contributed by atoms with Crippen LogP contribution in [0, 0.1) is 0 Å². The minimum Gasteiger partial charge on any atom is -0.494 e. The first kappa shape index (κ1) is 22.0. The Morgan fingerprint density at radius 3 is 2.21 bits per heavy atom. The molecule has 0 aliphatic heterocycles. The fourth-order valence-corrected chi connectivity index (χ4v) is 4.16. The van der Waals surface area contributed by atoms with Crippen LogP contribution in [-0.2, 0) is 21.4 Å². The molecule has 152 valence electrons. The SMILES string of the molecule is CCOc1ccc(N([C@@H](CC)C(=O)NCc2ccc(Cl)cc2)S(C)(=O)=O)cc1. The molecule has 6 nitrogen and oxygen atoms in total. The molecule has 1 amide bonds. The first-order valence-electron chi connectivity index (χ1n) is 9.00. The maximum absolute atomic E-state index is 12.8. The molecule has 1 N–H and O–H groups in total. The van der Waals surface area contributed by atoms with E-state index >= 15 is 0 Å². The number of halogens is 1. The molecule has 0 bridgehead atoms. The van der Waals surface area contributed by atoms with Crippen LogP contribution in [-0.4, -0.2) is 33.2 Å². The van der Waals surface area contributed by atoms with Crippen LogP contribution in [0.3, 0.4) is 0 Å². The lowest BCUT2D eigenvalue weighted by Gasteiger charge is -2.30. The summed E-state index contributed by atoms with van der Waals surface area (Å²) in [6, 6.07) is 12.9. The summed E-state index contributed by atoms with van der Waals surface area (Å²) in [7, 11) is -3.67. The Balaban J connectivity index is 2.21. The number of hydrogen-bond acceptors (Lipinski definition) is 4. The fourth-order valence-electron chi connectivity index (χ4n) is 2.83. The lowest BCUT2D eigenvalue weighted by atomic mass is 10.1. The molecule has 0 spiro atoms. The van der Waals surface area contributed by atoms with Crippen LogP contribution in [0.5, 0.6) is 5.75 Å². The number of carbonyl (C=O) groups excluding carboxylic acids is 1. The molecular weight excluding hydrogens is 400 g/mol. The zero-order chi connectivity index (χ0) is 20.7. The zero-order valence-corrected chi connectivity index (χ0v) is 17.8. The minimum atomic E-state index is -3.67. The molecule has 0 aromatic heterocycles. The van der Waals surface area contributed by atoms with Crippen LogP contribution < -0.4 is 14.4 Å². The summed E-state index contributed by atoms with van der Waals surface area (Å²) in [4.78, 5) is 12.8. The van der Waals surface area contributed by atoms with Gasteiger partial charge < -0.3 is 10.1 Å². The second kappa shape index (κ2) is 9.80. The molecule has 1 atom stereocenters. The highest BCUT2D eigenvalue weighted by Crippen LogP contribution is 2.25. The van der Waals surface area contributed by atoms with Gasteiger partial charge in [-0.2, -0.15) is 0 Å². The van der Waals surface area contributed by atoms with E-state index in [0.29, 0.717) is 29.5 Å². The lowest BCUT2D eigenvalue weighted by Crippen LogP contribution is -2.49. The highest BCUT2D eigenvalue weighted by Gasteiger charge is 2.31. The standard InChI is InChI=1S/C20H25ClN2O4S/c1-4-19(20(24)22-14-15-6-8-16(21)9-7-15)23(28(3,25)26)17-10-12-18(13-11-17)27-5-2/h6-13,19H,4-5,14H2,1-3H3,(H,22,24)/t19-/m0/s1. The molecule has 2 rings (SSSR count). The van der Waals surface area contributed by atoms with Crippen molar-refractivity contribution >= 4 is 33.2 Å². The summed E-state index contributed by atoms with van der Waals surface area (Å²) in [5.41, 5.74) is 1.29. The summed E-state index contributed by atoms with van der Waals surface area (Å²) in [5.74, 6) is 0.275. The fraction of sp³-hybridized carbons (Fsp3) is 0.350. The number of anilines is 1. The van der Waals surface area contributed by atoms with E-state index in [1.165, 1.54) is 0 Å². The first-order valence-corrected chi connectivity index (χ1v) is 11.2. The average molecular weight is 425 g/mol. The van der Waals surface area contributed by atoms with Gasteiger partial charge in [0.15, 0.2) is 0 Å². The van der Waals surface area contributed by atoms with Gasteiger partial charge in [-0.15, -0.1) is 0 Å². The molecule has 28 heavy (non-hydrogen) atoms. The van der Waals surface area contributed by atoms with Crippen molar-refractivity contribution in [3.8, 4) is 5.75 Å². The van der Waals surface area contributed by atoms with Crippen LogP contribution >= 0.6 is 11.6 Å². The Hall–Kier alpha value is -2.25. The van der Waals surface area contributed by atoms with Crippen LogP contribution in [0.25, 0.3) is 0 Å². The maximum Gasteiger partial charge on any atom is 0.244 e. The van der Waals surface area contributed by atoms with Gasteiger partial charge in [-0.3, -0.25) is 9.10 Å². The molecular formula is C20H25ClN2O4S. The summed E-state index contributed by atoms with van der Waals surface area (Å²) in [6.45, 7) is 4.45. The predicted octanol–water partition coefficient (Wildman–Crippen LogP) is 3.60. The number of sulfonamides is 1. The normalized spacial score (nSPS) is 12.3. The Morgan fingerprint density at radius 2 is 1.71 bits per heavy atom. The number of ether oxygens (including phenoxy) is 1. The van der Waals surface area contributed by atoms with E-state index in [4.69, 9.17) is 16.3 Å². The number of hydrogen-bond donors (Lipinski definition) is 1. The van der Waals surface area contributed by atoms with Crippen LogP contribution in [0.4, 0.5) is 5.69 Å². The third kappa shape index (κ3) is 5.87. The molecule has 0 saturated heterocycles. The number of amides is 1. The van der Waals surface area contributed by atoms with Crippen molar-refractivity contribution in [1.82, 2.24) is 5.32 Å². The first-order chi connectivity index (χ1) is 13.3. The highest BCUT2D eigenvalue weighted by molar-refractivity contribution is 7.92. The van der Waals surface area contributed by atoms with Crippen molar-refractivity contribution in [1.29, 1.82) is 0 Å². The van der Waals surface area contributed by atoms with Gasteiger partial charge in [0.25, 0.3) is 0 Å². The molecule has 2 aromatic carbocycles. The molecule has 0 fully saturated rings. The van der Waals surface area contributed by atoms with Crippen molar-refractivity contribution in [2.75, 3.05) is 17.2 Å². The number of rotatable bonds is 9. The summed E-state index contributed by atoms with van der Waals surface area (Å²) >= 11 is 5.87. The van der Waals surface area contributed by atoms with E-state index in [2.05, 4.69) is 5.32 Å². The van der Waals surface area contributed by atoms with Gasteiger partial charge in [-0.1, -0.05) is 30.7 Å². The Morgan fingerprint density at radius 1 is 1.11 bits per heavy atom. The van der Waals surface area contributed by atoms with Gasteiger partial charge in [0, 0.05) is 11.6 Å². The van der Waals surface area contributed by atoms with E-state index in [1.54, 1.807) is 43.3 Å². The Kier molecular flexibility index (Phi) is 7.71. The van der Waals surface area contributed by atoms with E-state index in [-0.39, 0.29) is 12.5 Å². The van der Waals surface area contributed by atoms with Gasteiger partial charge in [0.1, 0.15) is 11.8 Å². The molecule has 0 saturated carbocycles. The van der Waals surface area contributed by atoms with Crippen molar-refractivity contribution < 1.29 is 17.9 Å². The van der Waals surface area contributed by atoms with E-state index in [0.717, 1.165) is 16.1 Å². The molecule has 0 heterocycles. The number of benzene rings is 2. The van der Waals surface area contributed by atoms with Crippen LogP contribution in [0.15, 0.2) is 48.5 Å². The lowest BCUT2D eigenvalue weighted by molar-refractivity contribution is -0.122. The topological polar surface area (TPSA) is 75.7 Å². The van der Waals surface area contributed by atoms with E-state index in [1.807, 2.05) is 19.1 Å². The van der Waals surface area contributed by atoms with Gasteiger partial charge >= 0.3 is 0 Å². The summed E-state index contributed by atoms with van der Waals surface area (Å²) in [6.07, 6.45) is 1.42. The Bertz CT molecular complexity index is 883. The monoisotopic (exact) mass is 424 g/mol. The summed E-state index contributed by atoms with van der Waals surface area (Å²) < 4.78 is 31.5. The number of nitrogens with zero attached hydrogens (tertiary/aromatic N) is 1. The number of carbonyl (C=O) groups is 1. The van der Waals surface area contributed by atoms with E-state index in [9.17, 15) is 13.2 Å². The second-order valence-electron chi connectivity index (χ2n) is 6.25. The quantitative estimate of drug-likeness (QED) is 0.667. The van der Waals surface area contributed by atoms with Crippen LogP contribution in [0.2, 0.25) is 5.02 Å². The molecule has 8 heteroatoms. The van der Waals surface area contributed by atoms with E-state index < -0.39 is 16.1 Å². The molecule has 0 radical (unpaired) electrons. The third-order valence-corrected chi connectivity index (χ3v) is 5.54. The zero-order valence-electron chi connectivity index (χ0n) is 16.2. The third-order valence-electron chi connectivity index (χ3n) is 4.11. The Labute approximate surface area is 171 Å². The number of nitrogens with one attached hydrogen (secondary N) is 1. The van der Waals surface area contributed by atoms with Crippen LogP contribution in [0.1, 0.15) is 25.8 Å². The molecule has 0 aliphatic rings. The molecule has 2 aromatic rings. The largest absolute Gasteiger partial charge is 0.494 e. The highest BCUT2D eigenvalue weighted by atomic mass is 35.5. The van der Waals surface area contributed by atoms with Gasteiger partial charge in [0.2, 0.25) is 15.9 Å². The second-order valence-corrected chi connectivity index (χ2v) is 8.55. The predicted molar refractivity (Wildman–Crippen MR) is 112 cm³/mol. The van der Waals surface area contributed by atoms with Gasteiger partial charge in [-0.05, 0) is 55.3 Å². The summed E-state index contributed by atoms with van der Waals surface area (Å²) in [5, 5.41) is 3.42. The van der Waals surface area contributed by atoms with Gasteiger partial charge in [-0.25, -0.2) is 8.42 Å². The minimum absolute atomic E-state index is 0.285. The smallest absolute Gasteiger partial charge is 0.244 e. The van der Waals surface area contributed by atoms with Crippen molar-refractivity contribution in [2.45, 2.75) is 32.9 Å². The average Bonchev–Trinajstić information content (AvgIpc) is 2.65. The maximum atomic E-state index is 12.8. The van der Waals surface area contributed by atoms with Crippen molar-refractivity contribution in [3.05, 3.63) is 59.1 Å².